The molecule has 0 bridgehead atoms. The maximum absolute atomic E-state index is 12.4. The van der Waals surface area contributed by atoms with Crippen LogP contribution in [0.5, 0.6) is 0 Å². The van der Waals surface area contributed by atoms with Gasteiger partial charge in [0, 0.05) is 30.9 Å². The van der Waals surface area contributed by atoms with Crippen molar-refractivity contribution in [3.63, 3.8) is 0 Å². The van der Waals surface area contributed by atoms with Crippen molar-refractivity contribution < 1.29 is 14.3 Å². The predicted molar refractivity (Wildman–Crippen MR) is 94.5 cm³/mol. The van der Waals surface area contributed by atoms with Crippen molar-refractivity contribution in [2.75, 3.05) is 19.0 Å². The predicted octanol–water partition coefficient (Wildman–Crippen LogP) is 3.60. The molecule has 0 aliphatic heterocycles. The van der Waals surface area contributed by atoms with Gasteiger partial charge in [-0.2, -0.15) is 0 Å². The van der Waals surface area contributed by atoms with Crippen molar-refractivity contribution in [3.8, 4) is 0 Å². The Morgan fingerprint density at radius 1 is 1.29 bits per heavy atom. The number of urea groups is 1. The second-order valence-electron chi connectivity index (χ2n) is 5.35. The van der Waals surface area contributed by atoms with Gasteiger partial charge in [0.25, 0.3) is 0 Å². The number of rotatable bonds is 5. The number of anilines is 1. The lowest BCUT2D eigenvalue weighted by Crippen LogP contribution is -2.31. The molecule has 2 amide bonds. The number of amides is 2. The second-order valence-corrected chi connectivity index (χ2v) is 6.57. The number of esters is 1. The van der Waals surface area contributed by atoms with E-state index in [2.05, 4.69) is 10.3 Å². The van der Waals surface area contributed by atoms with Gasteiger partial charge in [-0.1, -0.05) is 0 Å². The van der Waals surface area contributed by atoms with Gasteiger partial charge in [0.2, 0.25) is 0 Å². The molecule has 0 aliphatic carbocycles. The Hall–Kier alpha value is -2.41. The Kier molecular flexibility index (Phi) is 5.92. The third kappa shape index (κ3) is 4.11. The smallest absolute Gasteiger partial charge is 0.341 e. The molecule has 0 atom stereocenters. The molecule has 2 heterocycles. The van der Waals surface area contributed by atoms with Gasteiger partial charge in [-0.25, -0.2) is 9.59 Å². The number of nitrogens with zero attached hydrogens (tertiary/aromatic N) is 2. The van der Waals surface area contributed by atoms with Gasteiger partial charge in [-0.15, -0.1) is 11.3 Å². The first-order valence-corrected chi connectivity index (χ1v) is 8.43. The van der Waals surface area contributed by atoms with Crippen molar-refractivity contribution in [3.05, 3.63) is 46.1 Å². The van der Waals surface area contributed by atoms with Crippen molar-refractivity contribution >= 4 is 28.3 Å². The van der Waals surface area contributed by atoms with Gasteiger partial charge in [-0.3, -0.25) is 10.3 Å². The molecule has 24 heavy (non-hydrogen) atoms. The summed E-state index contributed by atoms with van der Waals surface area (Å²) in [4.78, 5) is 31.1. The molecule has 0 radical (unpaired) electrons. The van der Waals surface area contributed by atoms with E-state index in [9.17, 15) is 9.59 Å². The number of thiophene rings is 1. The molecule has 0 fully saturated rings. The fourth-order valence-electron chi connectivity index (χ4n) is 2.19. The average Bonchev–Trinajstić information content (AvgIpc) is 2.82. The molecule has 0 spiro atoms. The van der Waals surface area contributed by atoms with Crippen molar-refractivity contribution in [1.82, 2.24) is 9.88 Å². The highest BCUT2D eigenvalue weighted by molar-refractivity contribution is 7.16. The summed E-state index contributed by atoms with van der Waals surface area (Å²) in [6.07, 6.45) is 3.37. The molecule has 1 N–H and O–H groups in total. The summed E-state index contributed by atoms with van der Waals surface area (Å²) in [7, 11) is 1.70. The zero-order valence-electron chi connectivity index (χ0n) is 14.3. The van der Waals surface area contributed by atoms with E-state index in [1.807, 2.05) is 26.0 Å². The third-order valence-electron chi connectivity index (χ3n) is 3.60. The van der Waals surface area contributed by atoms with Gasteiger partial charge < -0.3 is 9.64 Å². The standard InChI is InChI=1S/C17H21N3O3S/c1-5-23-16(21)14-11(2)12(3)24-15(14)19-17(22)20(4)10-13-6-8-18-9-7-13/h6-9H,5,10H2,1-4H3,(H,19,22). The van der Waals surface area contributed by atoms with Crippen LogP contribution in [0.25, 0.3) is 0 Å². The molecule has 2 aromatic rings. The first-order chi connectivity index (χ1) is 11.4. The number of pyridine rings is 1. The topological polar surface area (TPSA) is 71.5 Å². The van der Waals surface area contributed by atoms with Crippen molar-refractivity contribution in [2.24, 2.45) is 0 Å². The molecule has 2 rings (SSSR count). The summed E-state index contributed by atoms with van der Waals surface area (Å²) in [5.74, 6) is -0.411. The number of ether oxygens (including phenoxy) is 1. The van der Waals surface area contributed by atoms with E-state index in [1.165, 1.54) is 11.3 Å². The van der Waals surface area contributed by atoms with Crippen LogP contribution >= 0.6 is 11.3 Å². The number of aryl methyl sites for hydroxylation is 1. The molecule has 128 valence electrons. The summed E-state index contributed by atoms with van der Waals surface area (Å²) in [5.41, 5.74) is 2.25. The van der Waals surface area contributed by atoms with Crippen LogP contribution in [0.1, 0.15) is 33.3 Å². The molecule has 0 unspecified atom stereocenters. The first kappa shape index (κ1) is 17.9. The van der Waals surface area contributed by atoms with Crippen LogP contribution in [0.15, 0.2) is 24.5 Å². The summed E-state index contributed by atoms with van der Waals surface area (Å²) in [6, 6.07) is 3.43. The number of carbonyl (C=O) groups is 2. The van der Waals surface area contributed by atoms with Crippen molar-refractivity contribution in [1.29, 1.82) is 0 Å². The van der Waals surface area contributed by atoms with E-state index in [0.717, 1.165) is 16.0 Å². The zero-order chi connectivity index (χ0) is 17.7. The minimum absolute atomic E-state index is 0.279. The van der Waals surface area contributed by atoms with Crippen LogP contribution in [0.4, 0.5) is 9.80 Å². The Morgan fingerprint density at radius 2 is 1.96 bits per heavy atom. The number of hydrogen-bond acceptors (Lipinski definition) is 5. The maximum Gasteiger partial charge on any atom is 0.341 e. The van der Waals surface area contributed by atoms with Crippen LogP contribution < -0.4 is 5.32 Å². The van der Waals surface area contributed by atoms with Crippen LogP contribution in [0.2, 0.25) is 0 Å². The largest absolute Gasteiger partial charge is 0.462 e. The number of hydrogen-bond donors (Lipinski definition) is 1. The Bertz CT molecular complexity index is 728. The second kappa shape index (κ2) is 7.92. The summed E-state index contributed by atoms with van der Waals surface area (Å²) in [5, 5.41) is 3.34. The maximum atomic E-state index is 12.4. The van der Waals surface area contributed by atoms with Crippen LogP contribution in [-0.2, 0) is 11.3 Å². The fourth-order valence-corrected chi connectivity index (χ4v) is 3.23. The van der Waals surface area contributed by atoms with Crippen molar-refractivity contribution in [2.45, 2.75) is 27.3 Å². The monoisotopic (exact) mass is 347 g/mol. The molecule has 0 aliphatic rings. The highest BCUT2D eigenvalue weighted by Gasteiger charge is 2.23. The molecule has 0 saturated heterocycles. The highest BCUT2D eigenvalue weighted by Crippen LogP contribution is 2.33. The average molecular weight is 347 g/mol. The summed E-state index contributed by atoms with van der Waals surface area (Å²) >= 11 is 1.38. The fraction of sp³-hybridized carbons (Fsp3) is 0.353. The quantitative estimate of drug-likeness (QED) is 0.839. The van der Waals surface area contributed by atoms with E-state index >= 15 is 0 Å². The van der Waals surface area contributed by atoms with Crippen LogP contribution in [-0.4, -0.2) is 35.5 Å². The van der Waals surface area contributed by atoms with Gasteiger partial charge in [0.05, 0.1) is 12.2 Å². The molecule has 0 aromatic carbocycles. The van der Waals surface area contributed by atoms with E-state index in [-0.39, 0.29) is 6.03 Å². The van der Waals surface area contributed by atoms with Gasteiger partial charge in [0.15, 0.2) is 0 Å². The summed E-state index contributed by atoms with van der Waals surface area (Å²) < 4.78 is 5.10. The minimum atomic E-state index is -0.411. The summed E-state index contributed by atoms with van der Waals surface area (Å²) in [6.45, 7) is 6.27. The SMILES string of the molecule is CCOC(=O)c1c(NC(=O)N(C)Cc2ccncc2)sc(C)c1C. The van der Waals surface area contributed by atoms with E-state index < -0.39 is 5.97 Å². The lowest BCUT2D eigenvalue weighted by atomic mass is 10.1. The van der Waals surface area contributed by atoms with Crippen LogP contribution in [0.3, 0.4) is 0 Å². The minimum Gasteiger partial charge on any atom is -0.462 e. The molecule has 6 nitrogen and oxygen atoms in total. The van der Waals surface area contributed by atoms with Crippen LogP contribution in [0, 0.1) is 13.8 Å². The van der Waals surface area contributed by atoms with E-state index in [0.29, 0.717) is 23.7 Å². The highest BCUT2D eigenvalue weighted by atomic mass is 32.1. The Morgan fingerprint density at radius 3 is 2.58 bits per heavy atom. The normalized spacial score (nSPS) is 10.3. The Labute approximate surface area is 145 Å². The number of aromatic nitrogens is 1. The van der Waals surface area contributed by atoms with Gasteiger partial charge in [0.1, 0.15) is 5.00 Å². The zero-order valence-corrected chi connectivity index (χ0v) is 15.1. The molecule has 2 aromatic heterocycles. The van der Waals surface area contributed by atoms with Gasteiger partial charge in [-0.05, 0) is 44.0 Å². The molecular formula is C17H21N3O3S. The Balaban J connectivity index is 2.14. The molecule has 0 saturated carbocycles. The lowest BCUT2D eigenvalue weighted by molar-refractivity contribution is 0.0527. The number of carbonyl (C=O) groups excluding carboxylic acids is 2. The first-order valence-electron chi connectivity index (χ1n) is 7.62. The lowest BCUT2D eigenvalue weighted by Gasteiger charge is -2.18. The third-order valence-corrected chi connectivity index (χ3v) is 4.72. The van der Waals surface area contributed by atoms with E-state index in [4.69, 9.17) is 4.74 Å². The molecular weight excluding hydrogens is 326 g/mol. The van der Waals surface area contributed by atoms with Gasteiger partial charge >= 0.3 is 12.0 Å². The number of nitrogens with one attached hydrogen (secondary N) is 1. The molecule has 7 heteroatoms. The van der Waals surface area contributed by atoms with E-state index in [1.54, 1.807) is 31.3 Å².